The Morgan fingerprint density at radius 3 is 2.04 bits per heavy atom. The number of methoxy groups -OCH3 is 1. The summed E-state index contributed by atoms with van der Waals surface area (Å²) >= 11 is 5.49. The Labute approximate surface area is 147 Å². The lowest BCUT2D eigenvalue weighted by Gasteiger charge is -2.29. The molecule has 3 rings (SSSR count). The molecule has 0 amide bonds. The van der Waals surface area contributed by atoms with E-state index in [0.717, 1.165) is 37.2 Å². The first-order chi connectivity index (χ1) is 11.7. The Kier molecular flexibility index (Phi) is 5.41. The quantitative estimate of drug-likeness (QED) is 0.701. The summed E-state index contributed by atoms with van der Waals surface area (Å²) in [5.41, 5.74) is 1.83. The highest BCUT2D eigenvalue weighted by Gasteiger charge is 2.23. The summed E-state index contributed by atoms with van der Waals surface area (Å²) in [7, 11) is 1.66. The minimum Gasteiger partial charge on any atom is -0.497 e. The number of rotatable bonds is 5. The maximum absolute atomic E-state index is 11.1. The van der Waals surface area contributed by atoms with Gasteiger partial charge >= 0.3 is 0 Å². The summed E-state index contributed by atoms with van der Waals surface area (Å²) in [5, 5.41) is -0.404. The highest BCUT2D eigenvalue weighted by atomic mass is 35.5. The van der Waals surface area contributed by atoms with E-state index >= 15 is 0 Å². The molecule has 1 saturated carbocycles. The van der Waals surface area contributed by atoms with Gasteiger partial charge in [-0.25, -0.2) is 0 Å². The van der Waals surface area contributed by atoms with Crippen molar-refractivity contribution < 1.29 is 14.3 Å². The summed E-state index contributed by atoms with van der Waals surface area (Å²) in [5.74, 6) is 2.26. The van der Waals surface area contributed by atoms with Gasteiger partial charge in [-0.2, -0.15) is 0 Å². The molecule has 24 heavy (non-hydrogen) atoms. The molecule has 1 fully saturated rings. The van der Waals surface area contributed by atoms with Gasteiger partial charge in [0, 0.05) is 5.56 Å². The first-order valence-corrected chi connectivity index (χ1v) is 8.64. The van der Waals surface area contributed by atoms with Crippen LogP contribution in [0.1, 0.15) is 47.5 Å². The zero-order valence-corrected chi connectivity index (χ0v) is 14.5. The molecule has 0 saturated heterocycles. The predicted molar refractivity (Wildman–Crippen MR) is 95.2 cm³/mol. The largest absolute Gasteiger partial charge is 0.497 e. The zero-order valence-electron chi connectivity index (χ0n) is 13.7. The summed E-state index contributed by atoms with van der Waals surface area (Å²) in [6.07, 6.45) is 4.52. The van der Waals surface area contributed by atoms with Crippen LogP contribution in [0.2, 0.25) is 0 Å². The molecule has 0 unspecified atom stereocenters. The maximum Gasteiger partial charge on any atom is 0.252 e. The molecule has 0 radical (unpaired) electrons. The Bertz CT molecular complexity index is 671. The minimum atomic E-state index is -0.404. The van der Waals surface area contributed by atoms with Crippen molar-refractivity contribution in [2.45, 2.75) is 37.7 Å². The second kappa shape index (κ2) is 7.71. The zero-order chi connectivity index (χ0) is 16.9. The summed E-state index contributed by atoms with van der Waals surface area (Å²) < 4.78 is 11.2. The van der Waals surface area contributed by atoms with E-state index < -0.39 is 5.24 Å². The molecule has 3 nitrogen and oxygen atoms in total. The Hall–Kier alpha value is -2.00. The van der Waals surface area contributed by atoms with Crippen molar-refractivity contribution in [2.24, 2.45) is 0 Å². The Morgan fingerprint density at radius 2 is 1.50 bits per heavy atom. The average molecular weight is 345 g/mol. The minimum absolute atomic E-state index is 0.262. The highest BCUT2D eigenvalue weighted by Crippen LogP contribution is 2.35. The van der Waals surface area contributed by atoms with E-state index in [1.165, 1.54) is 5.56 Å². The monoisotopic (exact) mass is 344 g/mol. The number of hydrogen-bond donors (Lipinski definition) is 0. The van der Waals surface area contributed by atoms with Crippen molar-refractivity contribution in [3.05, 3.63) is 59.7 Å². The molecule has 0 aliphatic heterocycles. The van der Waals surface area contributed by atoms with Crippen LogP contribution >= 0.6 is 11.6 Å². The SMILES string of the molecule is COc1ccc(OC2CCC(c3ccc(C(=O)Cl)cc3)CC2)cc1. The third kappa shape index (κ3) is 4.09. The van der Waals surface area contributed by atoms with Crippen molar-refractivity contribution >= 4 is 16.8 Å². The van der Waals surface area contributed by atoms with Gasteiger partial charge < -0.3 is 9.47 Å². The average Bonchev–Trinajstić information content (AvgIpc) is 2.63. The maximum atomic E-state index is 11.1. The van der Waals surface area contributed by atoms with Crippen molar-refractivity contribution in [3.8, 4) is 11.5 Å². The van der Waals surface area contributed by atoms with E-state index in [2.05, 4.69) is 0 Å². The molecule has 0 bridgehead atoms. The van der Waals surface area contributed by atoms with Crippen molar-refractivity contribution in [2.75, 3.05) is 7.11 Å². The van der Waals surface area contributed by atoms with Crippen LogP contribution in [0, 0.1) is 0 Å². The fourth-order valence-electron chi connectivity index (χ4n) is 3.25. The fraction of sp³-hybridized carbons (Fsp3) is 0.350. The third-order valence-corrected chi connectivity index (χ3v) is 4.86. The molecule has 2 aromatic carbocycles. The van der Waals surface area contributed by atoms with Crippen molar-refractivity contribution in [3.63, 3.8) is 0 Å². The molecule has 1 aliphatic carbocycles. The Balaban J connectivity index is 1.54. The van der Waals surface area contributed by atoms with Gasteiger partial charge in [-0.05, 0) is 85.2 Å². The first-order valence-electron chi connectivity index (χ1n) is 8.26. The van der Waals surface area contributed by atoms with Gasteiger partial charge in [0.15, 0.2) is 0 Å². The van der Waals surface area contributed by atoms with Gasteiger partial charge in [-0.15, -0.1) is 0 Å². The topological polar surface area (TPSA) is 35.5 Å². The van der Waals surface area contributed by atoms with Gasteiger partial charge in [-0.1, -0.05) is 12.1 Å². The first kappa shape index (κ1) is 16.8. The molecule has 0 N–H and O–H groups in total. The molecule has 4 heteroatoms. The van der Waals surface area contributed by atoms with Crippen LogP contribution in [0.3, 0.4) is 0 Å². The molecule has 1 aliphatic rings. The molecule has 0 heterocycles. The lowest BCUT2D eigenvalue weighted by Crippen LogP contribution is -2.23. The predicted octanol–water partition coefficient (Wildman–Crippen LogP) is 5.18. The number of halogens is 1. The number of hydrogen-bond acceptors (Lipinski definition) is 3. The number of ether oxygens (including phenoxy) is 2. The van der Waals surface area contributed by atoms with Crippen LogP contribution in [0.4, 0.5) is 0 Å². The van der Waals surface area contributed by atoms with Gasteiger partial charge in [0.05, 0.1) is 13.2 Å². The number of carbonyl (C=O) groups excluding carboxylic acids is 1. The van der Waals surface area contributed by atoms with Gasteiger partial charge in [0.2, 0.25) is 0 Å². The molecule has 126 valence electrons. The second-order valence-corrected chi connectivity index (χ2v) is 6.51. The van der Waals surface area contributed by atoms with Gasteiger partial charge in [0.1, 0.15) is 11.5 Å². The van der Waals surface area contributed by atoms with E-state index in [-0.39, 0.29) is 6.10 Å². The molecular formula is C20H21ClO3. The van der Waals surface area contributed by atoms with E-state index in [4.69, 9.17) is 21.1 Å². The van der Waals surface area contributed by atoms with E-state index in [9.17, 15) is 4.79 Å². The molecule has 0 atom stereocenters. The fourth-order valence-corrected chi connectivity index (χ4v) is 3.37. The number of carbonyl (C=O) groups is 1. The van der Waals surface area contributed by atoms with Crippen molar-refractivity contribution in [1.82, 2.24) is 0 Å². The standard InChI is InChI=1S/C20H21ClO3/c1-23-17-10-12-19(13-11-17)24-18-8-6-15(7-9-18)14-2-4-16(5-3-14)20(21)22/h2-5,10-13,15,18H,6-9H2,1H3. The molecule has 0 spiro atoms. The van der Waals surface area contributed by atoms with Crippen LogP contribution in [-0.2, 0) is 0 Å². The summed E-state index contributed by atoms with van der Waals surface area (Å²) in [4.78, 5) is 11.1. The second-order valence-electron chi connectivity index (χ2n) is 6.16. The van der Waals surface area contributed by atoms with Crippen molar-refractivity contribution in [1.29, 1.82) is 0 Å². The molecule has 0 aromatic heterocycles. The number of benzene rings is 2. The lowest BCUT2D eigenvalue weighted by atomic mass is 9.82. The molecular weight excluding hydrogens is 324 g/mol. The van der Waals surface area contributed by atoms with Crippen LogP contribution in [-0.4, -0.2) is 18.5 Å². The van der Waals surface area contributed by atoms with Crippen LogP contribution in [0.25, 0.3) is 0 Å². The molecule has 2 aromatic rings. The highest BCUT2D eigenvalue weighted by molar-refractivity contribution is 6.67. The lowest BCUT2D eigenvalue weighted by molar-refractivity contribution is 0.108. The normalized spacial score (nSPS) is 20.4. The Morgan fingerprint density at radius 1 is 0.917 bits per heavy atom. The van der Waals surface area contributed by atoms with Gasteiger partial charge in [-0.3, -0.25) is 4.79 Å². The van der Waals surface area contributed by atoms with E-state index in [0.29, 0.717) is 11.5 Å². The van der Waals surface area contributed by atoms with Gasteiger partial charge in [0.25, 0.3) is 5.24 Å². The third-order valence-electron chi connectivity index (χ3n) is 4.65. The van der Waals surface area contributed by atoms with E-state index in [1.807, 2.05) is 48.5 Å². The van der Waals surface area contributed by atoms with E-state index in [1.54, 1.807) is 7.11 Å². The van der Waals surface area contributed by atoms with Crippen LogP contribution in [0.5, 0.6) is 11.5 Å². The smallest absolute Gasteiger partial charge is 0.252 e. The van der Waals surface area contributed by atoms with Crippen LogP contribution < -0.4 is 9.47 Å². The summed E-state index contributed by atoms with van der Waals surface area (Å²) in [6, 6.07) is 15.4. The van der Waals surface area contributed by atoms with Crippen LogP contribution in [0.15, 0.2) is 48.5 Å². The summed E-state index contributed by atoms with van der Waals surface area (Å²) in [6.45, 7) is 0.